The van der Waals surface area contributed by atoms with Gasteiger partial charge in [-0.1, -0.05) is 53.5 Å². The third-order valence-electron chi connectivity index (χ3n) is 4.96. The van der Waals surface area contributed by atoms with Crippen LogP contribution in [0, 0.1) is 0 Å². The van der Waals surface area contributed by atoms with Crippen molar-refractivity contribution in [3.05, 3.63) is 69.9 Å². The Morgan fingerprint density at radius 1 is 1.16 bits per heavy atom. The molecular weight excluding hydrogens is 439 g/mol. The number of halogens is 2. The Hall–Kier alpha value is -2.54. The molecule has 0 fully saturated rings. The van der Waals surface area contributed by atoms with Crippen LogP contribution in [0.4, 0.5) is 5.69 Å². The van der Waals surface area contributed by atoms with Gasteiger partial charge in [0.2, 0.25) is 5.91 Å². The Kier molecular flexibility index (Phi) is 7.26. The summed E-state index contributed by atoms with van der Waals surface area (Å²) in [5, 5.41) is 3.58. The Balaban J connectivity index is 1.90. The fraction of sp³-hybridized carbons (Fsp3) is 0.304. The summed E-state index contributed by atoms with van der Waals surface area (Å²) in [5.41, 5.74) is 0.303. The second-order valence-corrected chi connectivity index (χ2v) is 8.35. The molecule has 2 amide bonds. The molecule has 3 rings (SSSR count). The first-order valence-electron chi connectivity index (χ1n) is 9.82. The van der Waals surface area contributed by atoms with E-state index in [1.54, 1.807) is 32.0 Å². The summed E-state index contributed by atoms with van der Waals surface area (Å²) in [6.07, 6.45) is 0. The number of carbonyl (C=O) groups is 2. The Morgan fingerprint density at radius 2 is 1.81 bits per heavy atom. The van der Waals surface area contributed by atoms with Crippen molar-refractivity contribution in [2.45, 2.75) is 26.3 Å². The molecule has 2 aromatic rings. The molecule has 0 aromatic heterocycles. The molecule has 0 radical (unpaired) electrons. The SMILES string of the molecule is CCOCC1=C(c2ccccc2)C(=O)N(C(C)(C)C(=O)Nc2cc(Cl)cc(Cl)c2)CO1. The van der Waals surface area contributed by atoms with Crippen LogP contribution in [0.3, 0.4) is 0 Å². The van der Waals surface area contributed by atoms with E-state index in [9.17, 15) is 9.59 Å². The number of nitrogens with one attached hydrogen (secondary N) is 1. The van der Waals surface area contributed by atoms with Gasteiger partial charge in [-0.05, 0) is 44.5 Å². The van der Waals surface area contributed by atoms with Crippen molar-refractivity contribution in [1.82, 2.24) is 4.90 Å². The van der Waals surface area contributed by atoms with Crippen LogP contribution in [-0.2, 0) is 19.1 Å². The fourth-order valence-electron chi connectivity index (χ4n) is 3.17. The summed E-state index contributed by atoms with van der Waals surface area (Å²) in [7, 11) is 0. The summed E-state index contributed by atoms with van der Waals surface area (Å²) in [4.78, 5) is 28.0. The van der Waals surface area contributed by atoms with Crippen LogP contribution < -0.4 is 5.32 Å². The van der Waals surface area contributed by atoms with E-state index in [-0.39, 0.29) is 19.2 Å². The highest BCUT2D eigenvalue weighted by Crippen LogP contribution is 2.32. The van der Waals surface area contributed by atoms with Gasteiger partial charge in [0, 0.05) is 22.3 Å². The highest BCUT2D eigenvalue weighted by Gasteiger charge is 2.43. The van der Waals surface area contributed by atoms with E-state index in [1.807, 2.05) is 37.3 Å². The van der Waals surface area contributed by atoms with Crippen molar-refractivity contribution in [2.75, 3.05) is 25.3 Å². The quantitative estimate of drug-likeness (QED) is 0.630. The Bertz CT molecular complexity index is 986. The number of rotatable bonds is 7. The normalized spacial score (nSPS) is 14.5. The minimum atomic E-state index is -1.22. The Morgan fingerprint density at radius 3 is 2.42 bits per heavy atom. The van der Waals surface area contributed by atoms with Crippen molar-refractivity contribution in [3.8, 4) is 0 Å². The third kappa shape index (κ3) is 5.21. The standard InChI is InChI=1S/C23H24Cl2N2O4/c1-4-30-13-19-20(15-8-6-5-7-9-15)21(28)27(14-31-19)23(2,3)22(29)26-18-11-16(24)10-17(25)12-18/h5-12H,4,13-14H2,1-3H3,(H,26,29). The van der Waals surface area contributed by atoms with Gasteiger partial charge in [-0.15, -0.1) is 0 Å². The molecule has 1 heterocycles. The van der Waals surface area contributed by atoms with Crippen molar-refractivity contribution in [3.63, 3.8) is 0 Å². The van der Waals surface area contributed by atoms with Crippen molar-refractivity contribution in [2.24, 2.45) is 0 Å². The van der Waals surface area contributed by atoms with Gasteiger partial charge in [-0.2, -0.15) is 0 Å². The van der Waals surface area contributed by atoms with E-state index < -0.39 is 11.4 Å². The third-order valence-corrected chi connectivity index (χ3v) is 5.39. The lowest BCUT2D eigenvalue weighted by Gasteiger charge is -2.40. The van der Waals surface area contributed by atoms with Gasteiger partial charge in [0.25, 0.3) is 5.91 Å². The first-order chi connectivity index (χ1) is 14.7. The minimum Gasteiger partial charge on any atom is -0.474 e. The highest BCUT2D eigenvalue weighted by atomic mass is 35.5. The predicted octanol–water partition coefficient (Wildman–Crippen LogP) is 4.97. The van der Waals surface area contributed by atoms with E-state index in [4.69, 9.17) is 32.7 Å². The maximum atomic E-state index is 13.5. The van der Waals surface area contributed by atoms with Crippen molar-refractivity contribution < 1.29 is 19.1 Å². The van der Waals surface area contributed by atoms with E-state index in [0.717, 1.165) is 0 Å². The summed E-state index contributed by atoms with van der Waals surface area (Å²) in [6.45, 7) is 5.78. The van der Waals surface area contributed by atoms with Crippen molar-refractivity contribution in [1.29, 1.82) is 0 Å². The summed E-state index contributed by atoms with van der Waals surface area (Å²) in [6, 6.07) is 14.0. The molecule has 1 N–H and O–H groups in total. The topological polar surface area (TPSA) is 67.9 Å². The van der Waals surface area contributed by atoms with Crippen LogP contribution in [0.25, 0.3) is 5.57 Å². The summed E-state index contributed by atoms with van der Waals surface area (Å²) >= 11 is 12.1. The summed E-state index contributed by atoms with van der Waals surface area (Å²) < 4.78 is 11.4. The average Bonchev–Trinajstić information content (AvgIpc) is 2.71. The largest absolute Gasteiger partial charge is 0.474 e. The first-order valence-corrected chi connectivity index (χ1v) is 10.6. The molecule has 0 saturated heterocycles. The molecule has 0 aliphatic carbocycles. The van der Waals surface area contributed by atoms with Gasteiger partial charge < -0.3 is 14.8 Å². The molecule has 8 heteroatoms. The van der Waals surface area contributed by atoms with E-state index >= 15 is 0 Å². The lowest BCUT2D eigenvalue weighted by molar-refractivity contribution is -0.147. The van der Waals surface area contributed by atoms with Crippen molar-refractivity contribution >= 4 is 46.3 Å². The molecule has 31 heavy (non-hydrogen) atoms. The lowest BCUT2D eigenvalue weighted by Crippen LogP contribution is -2.57. The monoisotopic (exact) mass is 462 g/mol. The van der Waals surface area contributed by atoms with Crippen LogP contribution in [0.2, 0.25) is 10.0 Å². The first kappa shape index (κ1) is 23.1. The van der Waals surface area contributed by atoms with Crippen LogP contribution in [0.5, 0.6) is 0 Å². The van der Waals surface area contributed by atoms with Crippen LogP contribution in [0.1, 0.15) is 26.3 Å². The van der Waals surface area contributed by atoms with E-state index in [0.29, 0.717) is 39.2 Å². The zero-order chi connectivity index (χ0) is 22.6. The minimum absolute atomic E-state index is 0.0751. The second-order valence-electron chi connectivity index (χ2n) is 7.48. The number of nitrogens with zero attached hydrogens (tertiary/aromatic N) is 1. The van der Waals surface area contributed by atoms with Gasteiger partial charge in [0.15, 0.2) is 6.73 Å². The number of hydrogen-bond acceptors (Lipinski definition) is 4. The van der Waals surface area contributed by atoms with Crippen LogP contribution >= 0.6 is 23.2 Å². The zero-order valence-electron chi connectivity index (χ0n) is 17.6. The number of carbonyl (C=O) groups excluding carboxylic acids is 2. The number of hydrogen-bond donors (Lipinski definition) is 1. The van der Waals surface area contributed by atoms with Crippen LogP contribution in [0.15, 0.2) is 54.3 Å². The average molecular weight is 463 g/mol. The van der Waals surface area contributed by atoms with E-state index in [1.165, 1.54) is 4.90 Å². The van der Waals surface area contributed by atoms with Gasteiger partial charge in [-0.3, -0.25) is 14.5 Å². The molecule has 6 nitrogen and oxygen atoms in total. The number of ether oxygens (including phenoxy) is 2. The smallest absolute Gasteiger partial charge is 0.261 e. The number of amides is 2. The molecule has 0 atom stereocenters. The molecule has 164 valence electrons. The number of anilines is 1. The zero-order valence-corrected chi connectivity index (χ0v) is 19.1. The highest BCUT2D eigenvalue weighted by molar-refractivity contribution is 6.35. The molecule has 0 unspecified atom stereocenters. The van der Waals surface area contributed by atoms with Gasteiger partial charge >= 0.3 is 0 Å². The number of benzene rings is 2. The maximum absolute atomic E-state index is 13.5. The van der Waals surface area contributed by atoms with Gasteiger partial charge in [-0.25, -0.2) is 0 Å². The van der Waals surface area contributed by atoms with E-state index in [2.05, 4.69) is 5.32 Å². The van der Waals surface area contributed by atoms with Crippen LogP contribution in [-0.4, -0.2) is 42.2 Å². The second kappa shape index (κ2) is 9.73. The molecule has 0 bridgehead atoms. The maximum Gasteiger partial charge on any atom is 0.261 e. The lowest BCUT2D eigenvalue weighted by atomic mass is 9.96. The molecule has 0 spiro atoms. The fourth-order valence-corrected chi connectivity index (χ4v) is 3.70. The molecular formula is C23H24Cl2N2O4. The molecule has 1 aliphatic rings. The molecule has 1 aliphatic heterocycles. The van der Waals surface area contributed by atoms with Gasteiger partial charge in [0.05, 0.1) is 5.57 Å². The summed E-state index contributed by atoms with van der Waals surface area (Å²) in [5.74, 6) is -0.257. The Labute approximate surface area is 191 Å². The van der Waals surface area contributed by atoms with Gasteiger partial charge in [0.1, 0.15) is 17.9 Å². The molecule has 2 aromatic carbocycles. The predicted molar refractivity (Wildman–Crippen MR) is 122 cm³/mol. The molecule has 0 saturated carbocycles.